The van der Waals surface area contributed by atoms with E-state index < -0.39 is 0 Å². The van der Waals surface area contributed by atoms with E-state index in [-0.39, 0.29) is 0 Å². The van der Waals surface area contributed by atoms with Crippen LogP contribution in [-0.4, -0.2) is 48.3 Å². The molecule has 1 aliphatic heterocycles. The molecule has 8 nitrogen and oxygen atoms in total. The van der Waals surface area contributed by atoms with Gasteiger partial charge < -0.3 is 10.6 Å². The zero-order valence-corrected chi connectivity index (χ0v) is 19.2. The first-order chi connectivity index (χ1) is 16.6. The summed E-state index contributed by atoms with van der Waals surface area (Å²) in [7, 11) is 0. The molecule has 1 saturated heterocycles. The van der Waals surface area contributed by atoms with Crippen LogP contribution in [0.5, 0.6) is 0 Å². The summed E-state index contributed by atoms with van der Waals surface area (Å²) in [6.45, 7) is 1.63. The largest absolute Gasteiger partial charge is 0.399 e. The number of anilines is 1. The number of amides is 1. The van der Waals surface area contributed by atoms with Gasteiger partial charge in [0.15, 0.2) is 5.65 Å². The number of nitrogen functional groups attached to an aromatic ring is 1. The van der Waals surface area contributed by atoms with Gasteiger partial charge in [-0.3, -0.25) is 9.48 Å². The number of aromatic nitrogens is 5. The molecule has 1 saturated carbocycles. The molecule has 1 amide bonds. The van der Waals surface area contributed by atoms with Crippen molar-refractivity contribution in [3.05, 3.63) is 55.1 Å². The van der Waals surface area contributed by atoms with Crippen molar-refractivity contribution in [2.75, 3.05) is 18.8 Å². The highest BCUT2D eigenvalue weighted by Crippen LogP contribution is 2.34. The van der Waals surface area contributed by atoms with Gasteiger partial charge in [0.25, 0.3) is 0 Å². The lowest BCUT2D eigenvalue weighted by Crippen LogP contribution is -2.39. The van der Waals surface area contributed by atoms with Crippen molar-refractivity contribution < 1.29 is 4.79 Å². The second-order valence-electron chi connectivity index (χ2n) is 9.59. The Kier molecular flexibility index (Phi) is 5.28. The van der Waals surface area contributed by atoms with Crippen molar-refractivity contribution in [1.29, 1.82) is 0 Å². The molecule has 4 aromatic rings. The number of imidazole rings is 1. The number of nitrogens with zero attached hydrogens (tertiary/aromatic N) is 6. The fourth-order valence-corrected chi connectivity index (χ4v) is 4.89. The third kappa shape index (κ3) is 4.16. The average Bonchev–Trinajstić information content (AvgIpc) is 3.38. The second-order valence-corrected chi connectivity index (χ2v) is 9.59. The normalized spacial score (nSPS) is 16.9. The maximum atomic E-state index is 12.5. The van der Waals surface area contributed by atoms with Gasteiger partial charge in [-0.25, -0.2) is 9.50 Å². The molecule has 0 spiro atoms. The topological polar surface area (TPSA) is 94.3 Å². The van der Waals surface area contributed by atoms with Crippen LogP contribution in [0.25, 0.3) is 28.0 Å². The highest BCUT2D eigenvalue weighted by Gasteiger charge is 2.27. The predicted molar refractivity (Wildman–Crippen MR) is 131 cm³/mol. The summed E-state index contributed by atoms with van der Waals surface area (Å²) in [5.41, 5.74) is 11.3. The Morgan fingerprint density at radius 3 is 2.59 bits per heavy atom. The summed E-state index contributed by atoms with van der Waals surface area (Å²) >= 11 is 0. The third-order valence-corrected chi connectivity index (χ3v) is 7.13. The monoisotopic (exact) mass is 455 g/mol. The van der Waals surface area contributed by atoms with Crippen LogP contribution in [0.1, 0.15) is 44.6 Å². The Morgan fingerprint density at radius 2 is 1.79 bits per heavy atom. The molecule has 4 heterocycles. The summed E-state index contributed by atoms with van der Waals surface area (Å²) in [4.78, 5) is 19.1. The fourth-order valence-electron chi connectivity index (χ4n) is 4.89. The number of hydrogen-bond acceptors (Lipinski definition) is 5. The summed E-state index contributed by atoms with van der Waals surface area (Å²) in [5.74, 6) is 1.13. The third-order valence-electron chi connectivity index (χ3n) is 7.13. The maximum Gasteiger partial charge on any atom is 0.222 e. The van der Waals surface area contributed by atoms with Crippen molar-refractivity contribution in [3.8, 4) is 22.4 Å². The van der Waals surface area contributed by atoms with Gasteiger partial charge in [-0.15, -0.1) is 0 Å². The van der Waals surface area contributed by atoms with Gasteiger partial charge in [0.1, 0.15) is 0 Å². The van der Waals surface area contributed by atoms with Crippen LogP contribution in [0.4, 0.5) is 5.69 Å². The summed E-state index contributed by atoms with van der Waals surface area (Å²) in [5, 5.41) is 9.28. The van der Waals surface area contributed by atoms with E-state index in [1.807, 2.05) is 58.3 Å². The molecule has 174 valence electrons. The van der Waals surface area contributed by atoms with E-state index in [0.29, 0.717) is 24.1 Å². The maximum absolute atomic E-state index is 12.5. The Bertz CT molecular complexity index is 1330. The van der Waals surface area contributed by atoms with Crippen LogP contribution in [0.15, 0.2) is 55.1 Å². The Balaban J connectivity index is 1.14. The first kappa shape index (κ1) is 20.9. The lowest BCUT2D eigenvalue weighted by atomic mass is 10.0. The van der Waals surface area contributed by atoms with Gasteiger partial charge >= 0.3 is 0 Å². The molecule has 0 unspecified atom stereocenters. The number of benzene rings is 1. The summed E-state index contributed by atoms with van der Waals surface area (Å²) in [6.07, 6.45) is 13.9. The molecule has 8 heteroatoms. The fraction of sp³-hybridized carbons (Fsp3) is 0.385. The minimum Gasteiger partial charge on any atom is -0.399 e. The van der Waals surface area contributed by atoms with E-state index in [0.717, 1.165) is 66.3 Å². The van der Waals surface area contributed by atoms with Crippen molar-refractivity contribution in [2.24, 2.45) is 5.92 Å². The molecule has 0 radical (unpaired) electrons. The van der Waals surface area contributed by atoms with E-state index in [2.05, 4.69) is 26.1 Å². The van der Waals surface area contributed by atoms with E-state index in [1.165, 1.54) is 12.8 Å². The van der Waals surface area contributed by atoms with Crippen LogP contribution in [0.3, 0.4) is 0 Å². The zero-order chi connectivity index (χ0) is 23.1. The molecule has 1 aliphatic carbocycles. The standard InChI is InChI=1S/C26H29N7O/c27-22-3-1-2-19(12-22)24-16-28-25-13-20(14-30-33(24)25)21-15-29-32(17-21)23-8-10-31(11-9-23)26(34)7-6-18-4-5-18/h1-3,12-18,23H,4-11,27H2. The molecule has 2 fully saturated rings. The Hall–Kier alpha value is -3.68. The van der Waals surface area contributed by atoms with Gasteiger partial charge in [-0.05, 0) is 43.4 Å². The number of carbonyl (C=O) groups is 1. The smallest absolute Gasteiger partial charge is 0.222 e. The molecule has 3 aromatic heterocycles. The predicted octanol–water partition coefficient (Wildman–Crippen LogP) is 4.20. The van der Waals surface area contributed by atoms with Crippen molar-refractivity contribution in [2.45, 2.75) is 44.6 Å². The number of likely N-dealkylation sites (tertiary alicyclic amines) is 1. The first-order valence-electron chi connectivity index (χ1n) is 12.2. The van der Waals surface area contributed by atoms with Crippen LogP contribution >= 0.6 is 0 Å². The van der Waals surface area contributed by atoms with E-state index in [9.17, 15) is 4.79 Å². The van der Waals surface area contributed by atoms with E-state index >= 15 is 0 Å². The number of rotatable bonds is 6. The number of fused-ring (bicyclic) bond motifs is 1. The van der Waals surface area contributed by atoms with Crippen molar-refractivity contribution >= 4 is 17.2 Å². The van der Waals surface area contributed by atoms with Gasteiger partial charge in [0.05, 0.1) is 30.3 Å². The molecule has 34 heavy (non-hydrogen) atoms. The molecule has 2 N–H and O–H groups in total. The number of carbonyl (C=O) groups excluding carboxylic acids is 1. The summed E-state index contributed by atoms with van der Waals surface area (Å²) < 4.78 is 3.88. The zero-order valence-electron chi connectivity index (χ0n) is 19.2. The Morgan fingerprint density at radius 1 is 0.971 bits per heavy atom. The minimum absolute atomic E-state index is 0.319. The first-order valence-corrected chi connectivity index (χ1v) is 12.2. The van der Waals surface area contributed by atoms with Crippen LogP contribution in [0, 0.1) is 5.92 Å². The molecular formula is C26H29N7O. The molecular weight excluding hydrogens is 426 g/mol. The average molecular weight is 456 g/mol. The van der Waals surface area contributed by atoms with Gasteiger partial charge in [0, 0.05) is 48.1 Å². The molecule has 6 rings (SSSR count). The lowest BCUT2D eigenvalue weighted by Gasteiger charge is -2.32. The minimum atomic E-state index is 0.319. The molecule has 0 bridgehead atoms. The van der Waals surface area contributed by atoms with Gasteiger partial charge in [-0.2, -0.15) is 10.2 Å². The highest BCUT2D eigenvalue weighted by molar-refractivity contribution is 5.76. The molecule has 2 aliphatic rings. The lowest BCUT2D eigenvalue weighted by molar-refractivity contribution is -0.132. The summed E-state index contributed by atoms with van der Waals surface area (Å²) in [6, 6.07) is 10.1. The van der Waals surface area contributed by atoms with Gasteiger partial charge in [-0.1, -0.05) is 25.0 Å². The molecule has 1 aromatic carbocycles. The van der Waals surface area contributed by atoms with Crippen LogP contribution in [-0.2, 0) is 4.79 Å². The number of piperidine rings is 1. The van der Waals surface area contributed by atoms with Crippen LogP contribution in [0.2, 0.25) is 0 Å². The molecule has 0 atom stereocenters. The number of hydrogen-bond donors (Lipinski definition) is 1. The SMILES string of the molecule is Nc1cccc(-c2cnc3cc(-c4cnn(C5CCN(C(=O)CCC6CC6)CC5)c4)cnn23)c1. The highest BCUT2D eigenvalue weighted by atomic mass is 16.2. The number of nitrogens with two attached hydrogens (primary N) is 1. The van der Waals surface area contributed by atoms with E-state index in [4.69, 9.17) is 5.73 Å². The quantitative estimate of drug-likeness (QED) is 0.440. The second kappa shape index (κ2) is 8.59. The van der Waals surface area contributed by atoms with E-state index in [1.54, 1.807) is 0 Å². The van der Waals surface area contributed by atoms with Crippen molar-refractivity contribution in [3.63, 3.8) is 0 Å². The van der Waals surface area contributed by atoms with Crippen LogP contribution < -0.4 is 5.73 Å². The van der Waals surface area contributed by atoms with Crippen molar-refractivity contribution in [1.82, 2.24) is 29.3 Å². The van der Waals surface area contributed by atoms with Gasteiger partial charge in [0.2, 0.25) is 5.91 Å². The Labute approximate surface area is 198 Å².